The largest absolute Gasteiger partial charge is 0.379 e. The summed E-state index contributed by atoms with van der Waals surface area (Å²) in [6.07, 6.45) is 3.55. The van der Waals surface area contributed by atoms with Crippen molar-refractivity contribution in [1.29, 1.82) is 0 Å². The first-order chi connectivity index (χ1) is 16.0. The highest BCUT2D eigenvalue weighted by molar-refractivity contribution is 6.04. The van der Waals surface area contributed by atoms with Gasteiger partial charge in [0, 0.05) is 49.4 Å². The van der Waals surface area contributed by atoms with Crippen LogP contribution in [0.2, 0.25) is 0 Å². The van der Waals surface area contributed by atoms with Gasteiger partial charge < -0.3 is 20.1 Å². The third kappa shape index (κ3) is 4.62. The molecule has 3 aromatic rings. The lowest BCUT2D eigenvalue weighted by molar-refractivity contribution is 0.0766. The number of amides is 1. The molecule has 1 saturated heterocycles. The van der Waals surface area contributed by atoms with Crippen LogP contribution in [0.4, 0.5) is 10.1 Å². The molecule has 0 atom stereocenters. The minimum atomic E-state index is -0.231. The monoisotopic (exact) mass is 448 g/mol. The summed E-state index contributed by atoms with van der Waals surface area (Å²) < 4.78 is 15.8. The van der Waals surface area contributed by atoms with E-state index in [9.17, 15) is 9.18 Å². The van der Waals surface area contributed by atoms with Crippen molar-refractivity contribution < 1.29 is 9.18 Å². The van der Waals surface area contributed by atoms with Gasteiger partial charge in [0.2, 0.25) is 0 Å². The van der Waals surface area contributed by atoms with E-state index in [4.69, 9.17) is 0 Å². The van der Waals surface area contributed by atoms with Gasteiger partial charge >= 0.3 is 0 Å². The Labute approximate surface area is 195 Å². The van der Waals surface area contributed by atoms with Crippen LogP contribution in [0.25, 0.3) is 10.9 Å². The van der Waals surface area contributed by atoms with Crippen molar-refractivity contribution in [3.63, 3.8) is 0 Å². The molecule has 0 radical (unpaired) electrons. The number of halogens is 1. The molecule has 5 nitrogen and oxygen atoms in total. The van der Waals surface area contributed by atoms with E-state index in [0.717, 1.165) is 67.3 Å². The van der Waals surface area contributed by atoms with Crippen LogP contribution in [0.15, 0.2) is 36.4 Å². The Bertz CT molecular complexity index is 1160. The summed E-state index contributed by atoms with van der Waals surface area (Å²) in [6, 6.07) is 10.7. The van der Waals surface area contributed by atoms with E-state index < -0.39 is 0 Å². The Morgan fingerprint density at radius 1 is 1.12 bits per heavy atom. The minimum absolute atomic E-state index is 0.0948. The molecule has 0 unspecified atom stereocenters. The highest BCUT2D eigenvalue weighted by Crippen LogP contribution is 2.38. The zero-order valence-electron chi connectivity index (χ0n) is 19.6. The average Bonchev–Trinajstić information content (AvgIpc) is 3.64. The molecule has 2 heterocycles. The van der Waals surface area contributed by atoms with Gasteiger partial charge in [0.05, 0.1) is 11.2 Å². The van der Waals surface area contributed by atoms with Crippen molar-refractivity contribution in [2.75, 3.05) is 31.5 Å². The molecule has 1 aliphatic heterocycles. The number of aryl methyl sites for hydroxylation is 1. The lowest BCUT2D eigenvalue weighted by Crippen LogP contribution is -2.34. The summed E-state index contributed by atoms with van der Waals surface area (Å²) in [5.41, 5.74) is 6.40. The number of fused-ring (bicyclic) bond motifs is 1. The molecule has 174 valence electrons. The normalized spacial score (nSPS) is 16.8. The molecule has 33 heavy (non-hydrogen) atoms. The fraction of sp³-hybridized carbons (Fsp3) is 0.444. The van der Waals surface area contributed by atoms with Gasteiger partial charge in [-0.05, 0) is 81.0 Å². The van der Waals surface area contributed by atoms with Crippen LogP contribution in [0, 0.1) is 25.6 Å². The van der Waals surface area contributed by atoms with E-state index in [1.807, 2.05) is 11.0 Å². The van der Waals surface area contributed by atoms with Crippen molar-refractivity contribution in [3.8, 4) is 0 Å². The van der Waals surface area contributed by atoms with Crippen LogP contribution < -0.4 is 10.6 Å². The predicted octanol–water partition coefficient (Wildman–Crippen LogP) is 4.85. The molecule has 0 spiro atoms. The van der Waals surface area contributed by atoms with Crippen molar-refractivity contribution in [2.45, 2.75) is 46.2 Å². The number of carbonyl (C=O) groups is 1. The number of anilines is 1. The first-order valence-electron chi connectivity index (χ1n) is 12.1. The number of rotatable bonds is 6. The number of aromatic nitrogens is 1. The van der Waals surface area contributed by atoms with Crippen LogP contribution in [-0.2, 0) is 13.1 Å². The molecule has 2 N–H and O–H groups in total. The van der Waals surface area contributed by atoms with E-state index in [0.29, 0.717) is 6.54 Å². The highest BCUT2D eigenvalue weighted by Gasteiger charge is 2.26. The summed E-state index contributed by atoms with van der Waals surface area (Å²) in [4.78, 5) is 15.4. The maximum atomic E-state index is 13.5. The maximum Gasteiger partial charge on any atom is 0.253 e. The Kier molecular flexibility index (Phi) is 6.11. The number of carbonyl (C=O) groups excluding carboxylic acids is 1. The van der Waals surface area contributed by atoms with Crippen molar-refractivity contribution in [1.82, 2.24) is 14.8 Å². The maximum absolute atomic E-state index is 13.5. The highest BCUT2D eigenvalue weighted by atomic mass is 19.1. The second-order valence-corrected chi connectivity index (χ2v) is 9.56. The smallest absolute Gasteiger partial charge is 0.253 e. The van der Waals surface area contributed by atoms with Crippen molar-refractivity contribution >= 4 is 22.5 Å². The SMILES string of the molecule is Cc1c(C)n(CC2CC2)c2c(NCc3ccc(F)cc3)cc(C(=O)N3CCCNCC3)cc12. The fourth-order valence-corrected chi connectivity index (χ4v) is 4.85. The van der Waals surface area contributed by atoms with Crippen LogP contribution in [0.1, 0.15) is 46.4 Å². The molecule has 2 fully saturated rings. The molecule has 1 amide bonds. The topological polar surface area (TPSA) is 49.3 Å². The van der Waals surface area contributed by atoms with Gasteiger partial charge in [-0.25, -0.2) is 4.39 Å². The lowest BCUT2D eigenvalue weighted by atomic mass is 10.1. The number of nitrogens with one attached hydrogen (secondary N) is 2. The zero-order chi connectivity index (χ0) is 22.9. The van der Waals surface area contributed by atoms with Gasteiger partial charge in [0.1, 0.15) is 5.82 Å². The third-order valence-corrected chi connectivity index (χ3v) is 7.14. The van der Waals surface area contributed by atoms with Crippen LogP contribution in [0.3, 0.4) is 0 Å². The molecular formula is C27H33FN4O. The minimum Gasteiger partial charge on any atom is -0.379 e. The Morgan fingerprint density at radius 3 is 2.67 bits per heavy atom. The van der Waals surface area contributed by atoms with Crippen LogP contribution in [-0.4, -0.2) is 41.6 Å². The Balaban J connectivity index is 1.55. The van der Waals surface area contributed by atoms with Gasteiger partial charge in [-0.2, -0.15) is 0 Å². The fourth-order valence-electron chi connectivity index (χ4n) is 4.85. The third-order valence-electron chi connectivity index (χ3n) is 7.14. The number of hydrogen-bond acceptors (Lipinski definition) is 3. The molecule has 1 aliphatic carbocycles. The van der Waals surface area contributed by atoms with Gasteiger partial charge in [-0.3, -0.25) is 4.79 Å². The molecule has 0 bridgehead atoms. The van der Waals surface area contributed by atoms with Crippen LogP contribution >= 0.6 is 0 Å². The first-order valence-corrected chi connectivity index (χ1v) is 12.1. The van der Waals surface area contributed by atoms with Gasteiger partial charge in [-0.15, -0.1) is 0 Å². The summed E-state index contributed by atoms with van der Waals surface area (Å²) in [5, 5.41) is 8.10. The van der Waals surface area contributed by atoms with Crippen molar-refractivity contribution in [2.24, 2.45) is 5.92 Å². The average molecular weight is 449 g/mol. The van der Waals surface area contributed by atoms with Crippen molar-refractivity contribution in [3.05, 3.63) is 64.6 Å². The molecule has 1 aromatic heterocycles. The molecule has 2 aliphatic rings. The molecular weight excluding hydrogens is 415 g/mol. The summed E-state index contributed by atoms with van der Waals surface area (Å²) >= 11 is 0. The van der Waals surface area contributed by atoms with E-state index >= 15 is 0 Å². The molecule has 2 aromatic carbocycles. The zero-order valence-corrected chi connectivity index (χ0v) is 19.6. The van der Waals surface area contributed by atoms with Gasteiger partial charge in [0.15, 0.2) is 0 Å². The second-order valence-electron chi connectivity index (χ2n) is 9.56. The van der Waals surface area contributed by atoms with Gasteiger partial charge in [-0.1, -0.05) is 12.1 Å². The van der Waals surface area contributed by atoms with E-state index in [2.05, 4.69) is 35.1 Å². The number of hydrogen-bond donors (Lipinski definition) is 2. The van der Waals surface area contributed by atoms with Crippen LogP contribution in [0.5, 0.6) is 0 Å². The van der Waals surface area contributed by atoms with E-state index in [1.165, 1.54) is 41.7 Å². The second kappa shape index (κ2) is 9.18. The summed E-state index contributed by atoms with van der Waals surface area (Å²) in [5.74, 6) is 0.609. The lowest BCUT2D eigenvalue weighted by Gasteiger charge is -2.21. The molecule has 1 saturated carbocycles. The quantitative estimate of drug-likeness (QED) is 0.567. The van der Waals surface area contributed by atoms with Gasteiger partial charge in [0.25, 0.3) is 5.91 Å². The summed E-state index contributed by atoms with van der Waals surface area (Å²) in [6.45, 7) is 9.24. The Hall–Kier alpha value is -2.86. The summed E-state index contributed by atoms with van der Waals surface area (Å²) in [7, 11) is 0. The molecule has 6 heteroatoms. The molecule has 5 rings (SSSR count). The Morgan fingerprint density at radius 2 is 1.91 bits per heavy atom. The number of benzene rings is 2. The standard InChI is InChI=1S/C27H33FN4O/c1-18-19(2)32(17-21-4-5-21)26-24(18)14-22(27(33)31-12-3-10-29-11-13-31)15-25(26)30-16-20-6-8-23(28)9-7-20/h6-9,14-15,21,29-30H,3-5,10-13,16-17H2,1-2H3. The van der Waals surface area contributed by atoms with E-state index in [-0.39, 0.29) is 11.7 Å². The number of nitrogens with zero attached hydrogens (tertiary/aromatic N) is 2. The first kappa shape index (κ1) is 22.0. The predicted molar refractivity (Wildman–Crippen MR) is 131 cm³/mol. The van der Waals surface area contributed by atoms with E-state index in [1.54, 1.807) is 12.1 Å².